The molecule has 2 aromatic rings. The number of sulfone groups is 1. The van der Waals surface area contributed by atoms with Gasteiger partial charge in [0, 0.05) is 18.4 Å². The van der Waals surface area contributed by atoms with Crippen molar-refractivity contribution in [2.45, 2.75) is 16.3 Å². The first kappa shape index (κ1) is 16.6. The Labute approximate surface area is 128 Å². The minimum atomic E-state index is -4.08. The van der Waals surface area contributed by atoms with E-state index in [-0.39, 0.29) is 21.9 Å². The van der Waals surface area contributed by atoms with E-state index in [4.69, 9.17) is 0 Å². The van der Waals surface area contributed by atoms with Gasteiger partial charge in [0.25, 0.3) is 0 Å². The fourth-order valence-corrected chi connectivity index (χ4v) is 4.50. The van der Waals surface area contributed by atoms with Gasteiger partial charge in [0.15, 0.2) is 9.84 Å². The van der Waals surface area contributed by atoms with Crippen LogP contribution in [0.5, 0.6) is 0 Å². The zero-order chi connectivity index (χ0) is 16.4. The van der Waals surface area contributed by atoms with Crippen LogP contribution in [0.2, 0.25) is 0 Å². The fourth-order valence-electron chi connectivity index (χ4n) is 1.87. The van der Waals surface area contributed by atoms with Gasteiger partial charge in [0.2, 0.25) is 10.0 Å². The highest BCUT2D eigenvalue weighted by Gasteiger charge is 2.23. The Morgan fingerprint density at radius 2 is 1.45 bits per heavy atom. The second kappa shape index (κ2) is 6.15. The third-order valence-electron chi connectivity index (χ3n) is 2.95. The summed E-state index contributed by atoms with van der Waals surface area (Å²) in [5, 5.41) is 0. The van der Waals surface area contributed by atoms with Crippen molar-refractivity contribution in [1.29, 1.82) is 0 Å². The molecule has 0 heterocycles. The van der Waals surface area contributed by atoms with Crippen molar-refractivity contribution in [1.82, 2.24) is 4.72 Å². The van der Waals surface area contributed by atoms with Crippen LogP contribution in [0.4, 0.5) is 4.39 Å². The molecule has 1 N–H and O–H groups in total. The second-order valence-corrected chi connectivity index (χ2v) is 8.35. The Morgan fingerprint density at radius 3 is 2.05 bits per heavy atom. The van der Waals surface area contributed by atoms with Crippen molar-refractivity contribution in [3.8, 4) is 0 Å². The maximum Gasteiger partial charge on any atom is 0.242 e. The Balaban J connectivity index is 2.35. The molecule has 0 spiro atoms. The first-order chi connectivity index (χ1) is 10.2. The average molecular weight is 343 g/mol. The molecule has 0 radical (unpaired) electrons. The molecule has 22 heavy (non-hydrogen) atoms. The molecule has 5 nitrogen and oxygen atoms in total. The Hall–Kier alpha value is -1.77. The van der Waals surface area contributed by atoms with E-state index in [0.717, 1.165) is 6.26 Å². The fraction of sp³-hybridized carbons (Fsp3) is 0.143. The molecular formula is C14H14FNO4S2. The number of benzene rings is 2. The molecule has 2 aromatic carbocycles. The summed E-state index contributed by atoms with van der Waals surface area (Å²) in [7, 11) is -7.79. The Bertz CT molecular complexity index is 893. The number of hydrogen-bond donors (Lipinski definition) is 1. The van der Waals surface area contributed by atoms with Gasteiger partial charge in [-0.05, 0) is 18.2 Å². The highest BCUT2D eigenvalue weighted by atomic mass is 32.2. The summed E-state index contributed by atoms with van der Waals surface area (Å²) >= 11 is 0. The van der Waals surface area contributed by atoms with E-state index in [1.807, 2.05) is 0 Å². The van der Waals surface area contributed by atoms with Gasteiger partial charge in [0.05, 0.1) is 4.90 Å². The lowest BCUT2D eigenvalue weighted by atomic mass is 10.2. The zero-order valence-electron chi connectivity index (χ0n) is 11.7. The normalized spacial score (nSPS) is 12.3. The number of rotatable bonds is 5. The topological polar surface area (TPSA) is 80.3 Å². The molecule has 0 aliphatic heterocycles. The summed E-state index contributed by atoms with van der Waals surface area (Å²) in [6.45, 7) is -0.271. The van der Waals surface area contributed by atoms with E-state index in [1.165, 1.54) is 42.5 Å². The van der Waals surface area contributed by atoms with Crippen molar-refractivity contribution < 1.29 is 21.2 Å². The summed E-state index contributed by atoms with van der Waals surface area (Å²) in [5.41, 5.74) is 0.169. The molecule has 0 bridgehead atoms. The molecule has 0 saturated heterocycles. The maximum absolute atomic E-state index is 13.5. The summed E-state index contributed by atoms with van der Waals surface area (Å²) in [6.07, 6.45) is 0.929. The monoisotopic (exact) mass is 343 g/mol. The molecule has 118 valence electrons. The van der Waals surface area contributed by atoms with Crippen molar-refractivity contribution in [3.63, 3.8) is 0 Å². The summed E-state index contributed by atoms with van der Waals surface area (Å²) < 4.78 is 63.6. The van der Waals surface area contributed by atoms with E-state index in [0.29, 0.717) is 0 Å². The highest BCUT2D eigenvalue weighted by molar-refractivity contribution is 7.93. The number of nitrogens with one attached hydrogen (secondary N) is 1. The average Bonchev–Trinajstić information content (AvgIpc) is 2.46. The van der Waals surface area contributed by atoms with Gasteiger partial charge in [-0.2, -0.15) is 0 Å². The molecule has 0 aliphatic rings. The number of hydrogen-bond acceptors (Lipinski definition) is 4. The lowest BCUT2D eigenvalue weighted by Crippen LogP contribution is -2.25. The van der Waals surface area contributed by atoms with Crippen LogP contribution in [0, 0.1) is 5.82 Å². The van der Waals surface area contributed by atoms with Gasteiger partial charge in [-0.3, -0.25) is 0 Å². The predicted molar refractivity (Wildman–Crippen MR) is 80.0 cm³/mol. The van der Waals surface area contributed by atoms with E-state index in [9.17, 15) is 21.2 Å². The first-order valence-corrected chi connectivity index (χ1v) is 9.61. The van der Waals surface area contributed by atoms with Crippen molar-refractivity contribution in [2.75, 3.05) is 6.26 Å². The van der Waals surface area contributed by atoms with Crippen LogP contribution >= 0.6 is 0 Å². The maximum atomic E-state index is 13.5. The Kier molecular flexibility index (Phi) is 4.64. The standard InChI is InChI=1S/C14H14FNO4S2/c1-21(17,18)13-8-4-5-9-14(13)22(19,20)16-10-11-6-2-3-7-12(11)15/h2-9,16H,10H2,1H3. The van der Waals surface area contributed by atoms with Crippen LogP contribution < -0.4 is 4.72 Å². The SMILES string of the molecule is CS(=O)(=O)c1ccccc1S(=O)(=O)NCc1ccccc1F. The molecule has 2 rings (SSSR count). The van der Waals surface area contributed by atoms with Crippen molar-refractivity contribution >= 4 is 19.9 Å². The molecule has 0 aromatic heterocycles. The predicted octanol–water partition coefficient (Wildman–Crippen LogP) is 1.71. The largest absolute Gasteiger partial charge is 0.242 e. The van der Waals surface area contributed by atoms with Gasteiger partial charge in [-0.1, -0.05) is 30.3 Å². The summed E-state index contributed by atoms with van der Waals surface area (Å²) in [5.74, 6) is -0.540. The van der Waals surface area contributed by atoms with Gasteiger partial charge in [0.1, 0.15) is 10.7 Å². The van der Waals surface area contributed by atoms with Crippen LogP contribution in [0.1, 0.15) is 5.56 Å². The van der Waals surface area contributed by atoms with Crippen LogP contribution in [0.25, 0.3) is 0 Å². The number of halogens is 1. The molecule has 0 unspecified atom stereocenters. The van der Waals surface area contributed by atoms with Crippen molar-refractivity contribution in [2.24, 2.45) is 0 Å². The third kappa shape index (κ3) is 3.70. The van der Waals surface area contributed by atoms with Gasteiger partial charge < -0.3 is 0 Å². The molecule has 0 amide bonds. The Morgan fingerprint density at radius 1 is 0.909 bits per heavy atom. The summed E-state index contributed by atoms with van der Waals surface area (Å²) in [4.78, 5) is -0.648. The zero-order valence-corrected chi connectivity index (χ0v) is 13.3. The number of sulfonamides is 1. The molecule has 0 aliphatic carbocycles. The lowest BCUT2D eigenvalue weighted by Gasteiger charge is -2.10. The van der Waals surface area contributed by atoms with Gasteiger partial charge in [-0.25, -0.2) is 25.9 Å². The molecule has 0 saturated carbocycles. The highest BCUT2D eigenvalue weighted by Crippen LogP contribution is 2.20. The van der Waals surface area contributed by atoms with Gasteiger partial charge >= 0.3 is 0 Å². The molecule has 0 atom stereocenters. The smallest absolute Gasteiger partial charge is 0.224 e. The van der Waals surface area contributed by atoms with Gasteiger partial charge in [-0.15, -0.1) is 0 Å². The quantitative estimate of drug-likeness (QED) is 0.896. The second-order valence-electron chi connectivity index (χ2n) is 4.63. The van der Waals surface area contributed by atoms with E-state index in [2.05, 4.69) is 4.72 Å². The minimum Gasteiger partial charge on any atom is -0.224 e. The molecular weight excluding hydrogens is 329 g/mol. The summed E-state index contributed by atoms with van der Waals surface area (Å²) in [6, 6.07) is 11.0. The van der Waals surface area contributed by atoms with Crippen molar-refractivity contribution in [3.05, 3.63) is 59.9 Å². The van der Waals surface area contributed by atoms with E-state index >= 15 is 0 Å². The minimum absolute atomic E-state index is 0.169. The molecule has 0 fully saturated rings. The lowest BCUT2D eigenvalue weighted by molar-refractivity contribution is 0.568. The molecule has 8 heteroatoms. The van der Waals surface area contributed by atoms with E-state index in [1.54, 1.807) is 6.07 Å². The van der Waals surface area contributed by atoms with Crippen LogP contribution in [-0.4, -0.2) is 23.1 Å². The first-order valence-electron chi connectivity index (χ1n) is 6.24. The third-order valence-corrected chi connectivity index (χ3v) is 5.69. The van der Waals surface area contributed by atoms with E-state index < -0.39 is 25.7 Å². The van der Waals surface area contributed by atoms with Crippen LogP contribution in [-0.2, 0) is 26.4 Å². The van der Waals surface area contributed by atoms with Crippen LogP contribution in [0.15, 0.2) is 58.3 Å². The van der Waals surface area contributed by atoms with Crippen LogP contribution in [0.3, 0.4) is 0 Å².